The van der Waals surface area contributed by atoms with E-state index in [4.69, 9.17) is 9.97 Å². The first kappa shape index (κ1) is 19.3. The third-order valence-corrected chi connectivity index (χ3v) is 5.34. The third kappa shape index (κ3) is 3.43. The van der Waals surface area contributed by atoms with Crippen molar-refractivity contribution in [3.8, 4) is 0 Å². The van der Waals surface area contributed by atoms with Gasteiger partial charge in [-0.15, -0.1) is 0 Å². The van der Waals surface area contributed by atoms with Crippen LogP contribution in [-0.2, 0) is 7.05 Å². The van der Waals surface area contributed by atoms with Gasteiger partial charge in [-0.25, -0.2) is 14.4 Å². The summed E-state index contributed by atoms with van der Waals surface area (Å²) in [5, 5.41) is 4.52. The topological polar surface area (TPSA) is 67.2 Å². The van der Waals surface area contributed by atoms with Crippen molar-refractivity contribution in [2.24, 2.45) is 7.05 Å². The first-order chi connectivity index (χ1) is 13.9. The van der Waals surface area contributed by atoms with Crippen molar-refractivity contribution < 1.29 is 9.18 Å². The summed E-state index contributed by atoms with van der Waals surface area (Å²) < 4.78 is 15.8. The quantitative estimate of drug-likeness (QED) is 0.681. The molecule has 152 valence electrons. The number of rotatable bonds is 3. The number of nitrogens with zero attached hydrogens (tertiary/aromatic N) is 6. The van der Waals surface area contributed by atoms with Crippen molar-refractivity contribution in [3.05, 3.63) is 47.2 Å². The van der Waals surface area contributed by atoms with Crippen LogP contribution in [0.4, 0.5) is 10.2 Å². The molecular formula is C21H25FN6O. The highest BCUT2D eigenvalue weighted by atomic mass is 19.1. The van der Waals surface area contributed by atoms with Gasteiger partial charge in [0.05, 0.1) is 11.3 Å². The molecule has 2 aromatic heterocycles. The number of hydrogen-bond acceptors (Lipinski definition) is 5. The molecule has 1 saturated heterocycles. The number of carbonyl (C=O) groups excluding carboxylic acids is 1. The van der Waals surface area contributed by atoms with Crippen LogP contribution in [0.1, 0.15) is 41.6 Å². The summed E-state index contributed by atoms with van der Waals surface area (Å²) in [4.78, 5) is 26.1. The number of carbonyl (C=O) groups is 1. The molecule has 1 amide bonds. The fourth-order valence-electron chi connectivity index (χ4n) is 3.74. The molecule has 0 N–H and O–H groups in total. The molecule has 0 radical (unpaired) electrons. The lowest BCUT2D eigenvalue weighted by Gasteiger charge is -2.36. The highest BCUT2D eigenvalue weighted by Gasteiger charge is 2.27. The number of fused-ring (bicyclic) bond motifs is 1. The Morgan fingerprint density at radius 2 is 1.79 bits per heavy atom. The van der Waals surface area contributed by atoms with Crippen LogP contribution in [0, 0.1) is 12.7 Å². The molecule has 4 rings (SSSR count). The average molecular weight is 396 g/mol. The summed E-state index contributed by atoms with van der Waals surface area (Å²) in [7, 11) is 1.90. The van der Waals surface area contributed by atoms with E-state index >= 15 is 0 Å². The summed E-state index contributed by atoms with van der Waals surface area (Å²) in [5.74, 6) is 1.08. The molecule has 0 saturated carbocycles. The lowest BCUT2D eigenvalue weighted by Crippen LogP contribution is -2.49. The molecule has 7 nitrogen and oxygen atoms in total. The van der Waals surface area contributed by atoms with Crippen molar-refractivity contribution >= 4 is 22.8 Å². The fraction of sp³-hybridized carbons (Fsp3) is 0.429. The smallest absolute Gasteiger partial charge is 0.256 e. The Morgan fingerprint density at radius 3 is 2.45 bits per heavy atom. The third-order valence-electron chi connectivity index (χ3n) is 5.34. The maximum absolute atomic E-state index is 14.0. The van der Waals surface area contributed by atoms with Gasteiger partial charge in [-0.3, -0.25) is 9.48 Å². The first-order valence-electron chi connectivity index (χ1n) is 9.86. The second kappa shape index (κ2) is 7.42. The van der Waals surface area contributed by atoms with Crippen LogP contribution in [0.25, 0.3) is 11.0 Å². The number of aryl methyl sites for hydroxylation is 2. The molecule has 1 aromatic carbocycles. The van der Waals surface area contributed by atoms with Crippen LogP contribution in [0.2, 0.25) is 0 Å². The predicted octanol–water partition coefficient (Wildman–Crippen LogP) is 2.90. The SMILES string of the molecule is Cc1nn(C)c2c(N3CCN(C(=O)c4ccccc4F)CC3)nc(C(C)C)nc12. The Bertz CT molecular complexity index is 1070. The van der Waals surface area contributed by atoms with E-state index in [2.05, 4.69) is 23.8 Å². The van der Waals surface area contributed by atoms with Crippen LogP contribution >= 0.6 is 0 Å². The van der Waals surface area contributed by atoms with Crippen molar-refractivity contribution in [1.82, 2.24) is 24.6 Å². The normalized spacial score (nSPS) is 14.8. The molecule has 3 aromatic rings. The number of aromatic nitrogens is 4. The van der Waals surface area contributed by atoms with E-state index in [-0.39, 0.29) is 17.4 Å². The molecule has 1 aliphatic heterocycles. The van der Waals surface area contributed by atoms with Gasteiger partial charge in [-0.2, -0.15) is 5.10 Å². The standard InChI is InChI=1S/C21H25FN6O/c1-13(2)19-23-17-14(3)25-26(4)18(17)20(24-19)27-9-11-28(12-10-27)21(29)15-7-5-6-8-16(15)22/h5-8,13H,9-12H2,1-4H3. The van der Waals surface area contributed by atoms with Gasteiger partial charge in [0.25, 0.3) is 5.91 Å². The van der Waals surface area contributed by atoms with Crippen molar-refractivity contribution in [2.75, 3.05) is 31.1 Å². The molecule has 1 fully saturated rings. The summed E-state index contributed by atoms with van der Waals surface area (Å²) in [5.41, 5.74) is 2.77. The highest BCUT2D eigenvalue weighted by Crippen LogP contribution is 2.28. The van der Waals surface area contributed by atoms with Gasteiger partial charge in [0.1, 0.15) is 22.7 Å². The Balaban J connectivity index is 1.61. The van der Waals surface area contributed by atoms with Crippen LogP contribution < -0.4 is 4.90 Å². The van der Waals surface area contributed by atoms with Gasteiger partial charge in [-0.05, 0) is 19.1 Å². The Kier molecular flexibility index (Phi) is 4.94. The Hall–Kier alpha value is -3.03. The molecule has 0 aliphatic carbocycles. The van der Waals surface area contributed by atoms with Gasteiger partial charge in [0.2, 0.25) is 0 Å². The van der Waals surface area contributed by atoms with E-state index in [1.165, 1.54) is 12.1 Å². The molecule has 3 heterocycles. The summed E-state index contributed by atoms with van der Waals surface area (Å²) in [6, 6.07) is 6.12. The van der Waals surface area contributed by atoms with Gasteiger partial charge >= 0.3 is 0 Å². The van der Waals surface area contributed by atoms with E-state index in [1.807, 2.05) is 18.7 Å². The lowest BCUT2D eigenvalue weighted by molar-refractivity contribution is 0.0742. The number of halogens is 1. The minimum Gasteiger partial charge on any atom is -0.351 e. The molecule has 0 bridgehead atoms. The molecule has 29 heavy (non-hydrogen) atoms. The molecular weight excluding hydrogens is 371 g/mol. The predicted molar refractivity (Wildman–Crippen MR) is 110 cm³/mol. The van der Waals surface area contributed by atoms with Gasteiger partial charge in [0, 0.05) is 39.1 Å². The number of benzene rings is 1. The van der Waals surface area contributed by atoms with Gasteiger partial charge in [-0.1, -0.05) is 26.0 Å². The largest absolute Gasteiger partial charge is 0.351 e. The monoisotopic (exact) mass is 396 g/mol. The number of anilines is 1. The van der Waals surface area contributed by atoms with Crippen LogP contribution in [0.5, 0.6) is 0 Å². The Morgan fingerprint density at radius 1 is 1.10 bits per heavy atom. The summed E-state index contributed by atoms with van der Waals surface area (Å²) in [6.07, 6.45) is 0. The molecule has 0 spiro atoms. The van der Waals surface area contributed by atoms with Crippen molar-refractivity contribution in [3.63, 3.8) is 0 Å². The van der Waals surface area contributed by atoms with Crippen LogP contribution in [-0.4, -0.2) is 56.7 Å². The van der Waals surface area contributed by atoms with Gasteiger partial charge < -0.3 is 9.80 Å². The van der Waals surface area contributed by atoms with Crippen molar-refractivity contribution in [1.29, 1.82) is 0 Å². The summed E-state index contributed by atoms with van der Waals surface area (Å²) >= 11 is 0. The number of hydrogen-bond donors (Lipinski definition) is 0. The highest BCUT2D eigenvalue weighted by molar-refractivity contribution is 5.95. The maximum atomic E-state index is 14.0. The van der Waals surface area contributed by atoms with E-state index in [0.29, 0.717) is 26.2 Å². The number of amides is 1. The van der Waals surface area contributed by atoms with Gasteiger partial charge in [0.15, 0.2) is 5.82 Å². The fourth-order valence-corrected chi connectivity index (χ4v) is 3.74. The van der Waals surface area contributed by atoms with E-state index in [1.54, 1.807) is 17.0 Å². The molecule has 8 heteroatoms. The minimum atomic E-state index is -0.482. The van der Waals surface area contributed by atoms with Crippen LogP contribution in [0.15, 0.2) is 24.3 Å². The van der Waals surface area contributed by atoms with Crippen LogP contribution in [0.3, 0.4) is 0 Å². The second-order valence-corrected chi connectivity index (χ2v) is 7.73. The zero-order chi connectivity index (χ0) is 20.7. The Labute approximate surface area is 169 Å². The maximum Gasteiger partial charge on any atom is 0.256 e. The molecule has 0 unspecified atom stereocenters. The molecule has 1 aliphatic rings. The first-order valence-corrected chi connectivity index (χ1v) is 9.86. The summed E-state index contributed by atoms with van der Waals surface area (Å²) in [6.45, 7) is 8.35. The number of piperazine rings is 1. The molecule has 0 atom stereocenters. The zero-order valence-corrected chi connectivity index (χ0v) is 17.2. The minimum absolute atomic E-state index is 0.120. The second-order valence-electron chi connectivity index (χ2n) is 7.73. The van der Waals surface area contributed by atoms with Crippen molar-refractivity contribution in [2.45, 2.75) is 26.7 Å². The van der Waals surface area contributed by atoms with E-state index < -0.39 is 5.82 Å². The van der Waals surface area contributed by atoms with E-state index in [9.17, 15) is 9.18 Å². The zero-order valence-electron chi connectivity index (χ0n) is 17.2. The lowest BCUT2D eigenvalue weighted by atomic mass is 10.1. The average Bonchev–Trinajstić information content (AvgIpc) is 3.01. The van der Waals surface area contributed by atoms with E-state index in [0.717, 1.165) is 28.4 Å².